The lowest BCUT2D eigenvalue weighted by Gasteiger charge is -2.42. The first-order valence-electron chi connectivity index (χ1n) is 10.0. The smallest absolute Gasteiger partial charge is 0.169 e. The summed E-state index contributed by atoms with van der Waals surface area (Å²) >= 11 is 0. The molecule has 1 N–H and O–H groups in total. The maximum Gasteiger partial charge on any atom is 0.169 e. The molecular weight excluding hydrogens is 318 g/mol. The number of nitrogens with one attached hydrogen (secondary N) is 1. The molecule has 0 amide bonds. The first-order chi connectivity index (χ1) is 11.9. The molecule has 1 atom stereocenters. The normalized spacial score (nSPS) is 30.5. The Kier molecular flexibility index (Phi) is 8.15. The molecular formula is C20H39NO4. The molecule has 1 saturated carbocycles. The topological polar surface area (TPSA) is 49.0 Å². The fourth-order valence-electron chi connectivity index (χ4n) is 4.45. The maximum atomic E-state index is 6.35. The number of rotatable bonds is 10. The molecule has 0 aromatic rings. The minimum Gasteiger partial charge on any atom is -0.355 e. The number of hydrogen-bond acceptors (Lipinski definition) is 5. The molecule has 148 valence electrons. The molecule has 1 unspecified atom stereocenters. The lowest BCUT2D eigenvalue weighted by molar-refractivity contribution is -0.197. The van der Waals surface area contributed by atoms with E-state index in [1.807, 2.05) is 0 Å². The van der Waals surface area contributed by atoms with Gasteiger partial charge in [0.05, 0.1) is 12.7 Å². The van der Waals surface area contributed by atoms with Crippen LogP contribution in [0.4, 0.5) is 0 Å². The molecule has 2 aliphatic rings. The zero-order valence-electron chi connectivity index (χ0n) is 16.9. The summed E-state index contributed by atoms with van der Waals surface area (Å²) in [6, 6.07) is 0. The molecule has 0 radical (unpaired) electrons. The van der Waals surface area contributed by atoms with Crippen LogP contribution in [0.3, 0.4) is 0 Å². The van der Waals surface area contributed by atoms with Crippen molar-refractivity contribution in [3.05, 3.63) is 0 Å². The van der Waals surface area contributed by atoms with Crippen LogP contribution in [0.1, 0.15) is 65.7 Å². The zero-order chi connectivity index (χ0) is 18.3. The second-order valence-corrected chi connectivity index (χ2v) is 8.37. The Bertz CT molecular complexity index is 376. The summed E-state index contributed by atoms with van der Waals surface area (Å²) in [6.07, 6.45) is 8.10. The van der Waals surface area contributed by atoms with Crippen LogP contribution in [0, 0.1) is 11.3 Å². The van der Waals surface area contributed by atoms with Crippen molar-refractivity contribution in [3.8, 4) is 0 Å². The molecule has 25 heavy (non-hydrogen) atoms. The summed E-state index contributed by atoms with van der Waals surface area (Å²) in [5.74, 6) is 0.497. The Morgan fingerprint density at radius 2 is 1.88 bits per heavy atom. The highest BCUT2D eigenvalue weighted by Crippen LogP contribution is 2.47. The van der Waals surface area contributed by atoms with Crippen molar-refractivity contribution in [3.63, 3.8) is 0 Å². The lowest BCUT2D eigenvalue weighted by Crippen LogP contribution is -2.39. The molecule has 0 bridgehead atoms. The molecule has 2 rings (SSSR count). The van der Waals surface area contributed by atoms with Crippen LogP contribution in [0.15, 0.2) is 0 Å². The van der Waals surface area contributed by atoms with Crippen molar-refractivity contribution >= 4 is 0 Å². The van der Waals surface area contributed by atoms with Gasteiger partial charge in [-0.25, -0.2) is 0 Å². The van der Waals surface area contributed by atoms with Crippen molar-refractivity contribution in [2.45, 2.75) is 83.9 Å². The first kappa shape index (κ1) is 21.1. The van der Waals surface area contributed by atoms with E-state index in [1.54, 1.807) is 14.2 Å². The van der Waals surface area contributed by atoms with Crippen molar-refractivity contribution in [1.29, 1.82) is 0 Å². The molecule has 5 nitrogen and oxygen atoms in total. The molecule has 1 heterocycles. The van der Waals surface area contributed by atoms with Gasteiger partial charge in [-0.05, 0) is 43.6 Å². The third kappa shape index (κ3) is 5.90. The van der Waals surface area contributed by atoms with Crippen LogP contribution in [-0.2, 0) is 18.9 Å². The van der Waals surface area contributed by atoms with Crippen LogP contribution in [0.25, 0.3) is 0 Å². The summed E-state index contributed by atoms with van der Waals surface area (Å²) in [5, 5.41) is 3.36. The Morgan fingerprint density at radius 3 is 2.48 bits per heavy atom. The summed E-state index contributed by atoms with van der Waals surface area (Å²) in [6.45, 7) is 9.45. The third-order valence-electron chi connectivity index (χ3n) is 6.14. The third-order valence-corrected chi connectivity index (χ3v) is 6.14. The van der Waals surface area contributed by atoms with Crippen molar-refractivity contribution < 1.29 is 18.9 Å². The van der Waals surface area contributed by atoms with E-state index >= 15 is 0 Å². The summed E-state index contributed by atoms with van der Waals surface area (Å²) in [7, 11) is 3.32. The molecule has 1 aliphatic heterocycles. The number of methoxy groups -OCH3 is 2. The second-order valence-electron chi connectivity index (χ2n) is 8.37. The van der Waals surface area contributed by atoms with Gasteiger partial charge in [-0.2, -0.15) is 0 Å². The van der Waals surface area contributed by atoms with Crippen LogP contribution < -0.4 is 5.32 Å². The first-order valence-corrected chi connectivity index (χ1v) is 10.0. The second kappa shape index (κ2) is 9.65. The fraction of sp³-hybridized carbons (Fsp3) is 1.00. The van der Waals surface area contributed by atoms with Gasteiger partial charge >= 0.3 is 0 Å². The highest BCUT2D eigenvalue weighted by molar-refractivity contribution is 4.90. The van der Waals surface area contributed by atoms with Crippen LogP contribution in [0.5, 0.6) is 0 Å². The highest BCUT2D eigenvalue weighted by atomic mass is 16.7. The van der Waals surface area contributed by atoms with E-state index in [9.17, 15) is 0 Å². The lowest BCUT2D eigenvalue weighted by atomic mass is 9.68. The van der Waals surface area contributed by atoms with Crippen molar-refractivity contribution in [2.24, 2.45) is 11.3 Å². The SMILES string of the molecule is CCCC(C)(C)C1CCC2(CC1)OCC(CCNCC(OC)OC)O2. The van der Waals surface area contributed by atoms with Gasteiger partial charge in [0.25, 0.3) is 0 Å². The predicted octanol–water partition coefficient (Wildman–Crippen LogP) is 3.71. The molecule has 0 aromatic heterocycles. The largest absolute Gasteiger partial charge is 0.355 e. The summed E-state index contributed by atoms with van der Waals surface area (Å²) in [5.41, 5.74) is 0.442. The molecule has 1 saturated heterocycles. The van der Waals surface area contributed by atoms with E-state index < -0.39 is 0 Å². The standard InChI is InChI=1S/C20H39NO4/c1-6-10-19(2,3)16-7-11-20(12-8-16)24-15-17(25-20)9-13-21-14-18(22-4)23-5/h16-18,21H,6-15H2,1-5H3. The monoisotopic (exact) mass is 357 g/mol. The van der Waals surface area contributed by atoms with Gasteiger partial charge < -0.3 is 24.3 Å². The van der Waals surface area contributed by atoms with E-state index in [0.717, 1.165) is 38.3 Å². The molecule has 0 aromatic carbocycles. The Hall–Kier alpha value is -0.200. The molecule has 5 heteroatoms. The highest BCUT2D eigenvalue weighted by Gasteiger charge is 2.46. The van der Waals surface area contributed by atoms with E-state index in [1.165, 1.54) is 25.7 Å². The molecule has 1 aliphatic carbocycles. The van der Waals surface area contributed by atoms with E-state index in [0.29, 0.717) is 12.0 Å². The molecule has 1 spiro atoms. The maximum absolute atomic E-state index is 6.35. The van der Waals surface area contributed by atoms with Gasteiger partial charge in [-0.1, -0.05) is 27.2 Å². The van der Waals surface area contributed by atoms with Crippen LogP contribution in [0.2, 0.25) is 0 Å². The summed E-state index contributed by atoms with van der Waals surface area (Å²) in [4.78, 5) is 0. The average molecular weight is 358 g/mol. The van der Waals surface area contributed by atoms with Gasteiger partial charge in [-0.15, -0.1) is 0 Å². The number of ether oxygens (including phenoxy) is 4. The van der Waals surface area contributed by atoms with Crippen molar-refractivity contribution in [2.75, 3.05) is 33.9 Å². The Labute approximate surface area is 154 Å². The fourth-order valence-corrected chi connectivity index (χ4v) is 4.45. The Balaban J connectivity index is 1.69. The van der Waals surface area contributed by atoms with Crippen LogP contribution in [-0.4, -0.2) is 52.1 Å². The van der Waals surface area contributed by atoms with Gasteiger partial charge in [-0.3, -0.25) is 0 Å². The van der Waals surface area contributed by atoms with Gasteiger partial charge in [0.15, 0.2) is 12.1 Å². The van der Waals surface area contributed by atoms with Gasteiger partial charge in [0, 0.05) is 33.6 Å². The average Bonchev–Trinajstić information content (AvgIpc) is 2.98. The Morgan fingerprint density at radius 1 is 1.20 bits per heavy atom. The minimum absolute atomic E-state index is 0.186. The van der Waals surface area contributed by atoms with Crippen LogP contribution >= 0.6 is 0 Å². The molecule has 2 fully saturated rings. The van der Waals surface area contributed by atoms with Crippen molar-refractivity contribution in [1.82, 2.24) is 5.32 Å². The van der Waals surface area contributed by atoms with E-state index in [2.05, 4.69) is 26.1 Å². The summed E-state index contributed by atoms with van der Waals surface area (Å²) < 4.78 is 22.8. The van der Waals surface area contributed by atoms with E-state index in [-0.39, 0.29) is 18.2 Å². The zero-order valence-corrected chi connectivity index (χ0v) is 16.9. The quantitative estimate of drug-likeness (QED) is 0.477. The van der Waals surface area contributed by atoms with Gasteiger partial charge in [0.1, 0.15) is 0 Å². The minimum atomic E-state index is -0.301. The predicted molar refractivity (Wildman–Crippen MR) is 99.5 cm³/mol. The number of hydrogen-bond donors (Lipinski definition) is 1. The van der Waals surface area contributed by atoms with Gasteiger partial charge in [0.2, 0.25) is 0 Å². The van der Waals surface area contributed by atoms with E-state index in [4.69, 9.17) is 18.9 Å².